The molecule has 22 heavy (non-hydrogen) atoms. The summed E-state index contributed by atoms with van der Waals surface area (Å²) in [4.78, 5) is 13.6. The number of hydrogen-bond donors (Lipinski definition) is 0. The van der Waals surface area contributed by atoms with E-state index in [1.54, 1.807) is 11.8 Å². The Morgan fingerprint density at radius 2 is 1.64 bits per heavy atom. The third-order valence-corrected chi connectivity index (χ3v) is 5.15. The van der Waals surface area contributed by atoms with Crippen molar-refractivity contribution >= 4 is 44.2 Å². The second-order valence-corrected chi connectivity index (χ2v) is 7.47. The van der Waals surface area contributed by atoms with Gasteiger partial charge in [0.15, 0.2) is 5.78 Å². The van der Waals surface area contributed by atoms with Gasteiger partial charge in [0.1, 0.15) is 0 Å². The summed E-state index contributed by atoms with van der Waals surface area (Å²) in [5.74, 6) is 0.158. The third kappa shape index (κ3) is 3.42. The highest BCUT2D eigenvalue weighted by atomic mass is 79.9. The van der Waals surface area contributed by atoms with Gasteiger partial charge < -0.3 is 0 Å². The molecule has 0 N–H and O–H groups in total. The van der Waals surface area contributed by atoms with Gasteiger partial charge in [0, 0.05) is 14.9 Å². The van der Waals surface area contributed by atoms with Gasteiger partial charge in [-0.25, -0.2) is 0 Å². The molecule has 0 aliphatic heterocycles. The maximum Gasteiger partial charge on any atom is 0.175 e. The fourth-order valence-electron chi connectivity index (χ4n) is 2.35. The summed E-state index contributed by atoms with van der Waals surface area (Å²) in [6, 6.07) is 22.1. The van der Waals surface area contributed by atoms with Crippen molar-refractivity contribution in [2.24, 2.45) is 0 Å². The van der Waals surface area contributed by atoms with Gasteiger partial charge in [-0.05, 0) is 42.0 Å². The fraction of sp³-hybridized carbons (Fsp3) is 0.105. The van der Waals surface area contributed by atoms with E-state index in [0.717, 1.165) is 14.9 Å². The smallest absolute Gasteiger partial charge is 0.175 e. The van der Waals surface area contributed by atoms with Crippen molar-refractivity contribution in [3.63, 3.8) is 0 Å². The minimum atomic E-state index is -0.109. The first kappa shape index (κ1) is 15.3. The van der Waals surface area contributed by atoms with Crippen LogP contribution < -0.4 is 0 Å². The van der Waals surface area contributed by atoms with Crippen LogP contribution >= 0.6 is 27.7 Å². The maximum atomic E-state index is 12.5. The second kappa shape index (κ2) is 6.67. The van der Waals surface area contributed by atoms with E-state index in [9.17, 15) is 4.79 Å². The average molecular weight is 371 g/mol. The molecule has 0 aliphatic rings. The molecular formula is C19H15BrOS. The van der Waals surface area contributed by atoms with Gasteiger partial charge in [0.25, 0.3) is 0 Å². The molecule has 3 aromatic rings. The van der Waals surface area contributed by atoms with E-state index >= 15 is 0 Å². The van der Waals surface area contributed by atoms with Crippen LogP contribution in [0.5, 0.6) is 0 Å². The van der Waals surface area contributed by atoms with Crippen molar-refractivity contribution < 1.29 is 4.79 Å². The fourth-order valence-corrected chi connectivity index (χ4v) is 3.60. The lowest BCUT2D eigenvalue weighted by Crippen LogP contribution is -2.13. The van der Waals surface area contributed by atoms with E-state index in [2.05, 4.69) is 46.3 Å². The molecule has 0 saturated carbocycles. The van der Waals surface area contributed by atoms with Crippen LogP contribution in [0.25, 0.3) is 10.8 Å². The van der Waals surface area contributed by atoms with E-state index < -0.39 is 0 Å². The minimum absolute atomic E-state index is 0.109. The number of fused-ring (bicyclic) bond motifs is 1. The molecule has 0 heterocycles. The number of carbonyl (C=O) groups is 1. The first-order valence-electron chi connectivity index (χ1n) is 7.09. The lowest BCUT2D eigenvalue weighted by Gasteiger charge is -2.11. The van der Waals surface area contributed by atoms with Gasteiger partial charge in [-0.3, -0.25) is 4.79 Å². The second-order valence-electron chi connectivity index (χ2n) is 5.14. The molecule has 110 valence electrons. The van der Waals surface area contributed by atoms with Crippen LogP contribution in [0.4, 0.5) is 0 Å². The average Bonchev–Trinajstić information content (AvgIpc) is 2.55. The molecule has 0 fully saturated rings. The molecular weight excluding hydrogens is 356 g/mol. The highest BCUT2D eigenvalue weighted by molar-refractivity contribution is 9.10. The Balaban J connectivity index is 1.78. The largest absolute Gasteiger partial charge is 0.293 e. The van der Waals surface area contributed by atoms with E-state index in [4.69, 9.17) is 0 Å². The normalized spacial score (nSPS) is 12.3. The predicted octanol–water partition coefficient (Wildman–Crippen LogP) is 5.97. The molecule has 3 heteroatoms. The molecule has 0 unspecified atom stereocenters. The standard InChI is InChI=1S/C19H15BrOS/c1-13(19(21)15-6-9-17(20)10-7-15)22-18-11-8-14-4-2-3-5-16(14)12-18/h2-13H,1H3/t13-/m0/s1. The number of hydrogen-bond acceptors (Lipinski definition) is 2. The molecule has 0 radical (unpaired) electrons. The van der Waals surface area contributed by atoms with Crippen LogP contribution in [0.2, 0.25) is 0 Å². The van der Waals surface area contributed by atoms with Crippen LogP contribution in [0.15, 0.2) is 76.1 Å². The number of ketones is 1. The lowest BCUT2D eigenvalue weighted by molar-refractivity contribution is 0.0994. The predicted molar refractivity (Wildman–Crippen MR) is 97.7 cm³/mol. The summed E-state index contributed by atoms with van der Waals surface area (Å²) in [6.07, 6.45) is 0. The molecule has 3 rings (SSSR count). The van der Waals surface area contributed by atoms with Crippen LogP contribution in [0, 0.1) is 0 Å². The highest BCUT2D eigenvalue weighted by Gasteiger charge is 2.16. The Hall–Kier alpha value is -1.58. The summed E-state index contributed by atoms with van der Waals surface area (Å²) in [5, 5.41) is 2.32. The van der Waals surface area contributed by atoms with Gasteiger partial charge in [-0.15, -0.1) is 11.8 Å². The van der Waals surface area contributed by atoms with Crippen molar-refractivity contribution in [2.75, 3.05) is 0 Å². The quantitative estimate of drug-likeness (QED) is 0.415. The zero-order valence-corrected chi connectivity index (χ0v) is 14.5. The molecule has 0 spiro atoms. The van der Waals surface area contributed by atoms with Crippen molar-refractivity contribution in [3.05, 3.63) is 76.8 Å². The van der Waals surface area contributed by atoms with E-state index in [1.807, 2.05) is 43.3 Å². The summed E-state index contributed by atoms with van der Waals surface area (Å²) < 4.78 is 0.985. The Labute approximate surface area is 142 Å². The Morgan fingerprint density at radius 3 is 2.36 bits per heavy atom. The summed E-state index contributed by atoms with van der Waals surface area (Å²) in [5.41, 5.74) is 0.754. The number of rotatable bonds is 4. The zero-order valence-electron chi connectivity index (χ0n) is 12.1. The molecule has 1 atom stereocenters. The van der Waals surface area contributed by atoms with Crippen LogP contribution in [0.1, 0.15) is 17.3 Å². The van der Waals surface area contributed by atoms with Gasteiger partial charge in [-0.1, -0.05) is 58.4 Å². The van der Waals surface area contributed by atoms with Crippen molar-refractivity contribution in [1.82, 2.24) is 0 Å². The SMILES string of the molecule is C[C@H](Sc1ccc2ccccc2c1)C(=O)c1ccc(Br)cc1. The van der Waals surface area contributed by atoms with Gasteiger partial charge in [-0.2, -0.15) is 0 Å². The van der Waals surface area contributed by atoms with Gasteiger partial charge in [0.2, 0.25) is 0 Å². The van der Waals surface area contributed by atoms with Crippen LogP contribution in [-0.4, -0.2) is 11.0 Å². The van der Waals surface area contributed by atoms with Crippen molar-refractivity contribution in [1.29, 1.82) is 0 Å². The highest BCUT2D eigenvalue weighted by Crippen LogP contribution is 2.28. The molecule has 0 aliphatic carbocycles. The molecule has 0 saturated heterocycles. The maximum absolute atomic E-state index is 12.5. The number of halogens is 1. The van der Waals surface area contributed by atoms with Crippen molar-refractivity contribution in [2.45, 2.75) is 17.1 Å². The Morgan fingerprint density at radius 1 is 0.955 bits per heavy atom. The van der Waals surface area contributed by atoms with Gasteiger partial charge in [0.05, 0.1) is 5.25 Å². The number of carbonyl (C=O) groups excluding carboxylic acids is 1. The van der Waals surface area contributed by atoms with E-state index in [1.165, 1.54) is 10.8 Å². The molecule has 1 nitrogen and oxygen atoms in total. The third-order valence-electron chi connectivity index (χ3n) is 3.53. The number of thioether (sulfide) groups is 1. The molecule has 0 aromatic heterocycles. The van der Waals surface area contributed by atoms with Gasteiger partial charge >= 0.3 is 0 Å². The lowest BCUT2D eigenvalue weighted by atomic mass is 10.1. The summed E-state index contributed by atoms with van der Waals surface area (Å²) in [7, 11) is 0. The van der Waals surface area contributed by atoms with Crippen LogP contribution in [0.3, 0.4) is 0 Å². The van der Waals surface area contributed by atoms with E-state index in [-0.39, 0.29) is 11.0 Å². The molecule has 0 amide bonds. The Bertz CT molecular complexity index is 811. The first-order chi connectivity index (χ1) is 10.6. The Kier molecular flexibility index (Phi) is 4.65. The molecule has 3 aromatic carbocycles. The molecule has 0 bridgehead atoms. The summed E-state index contributed by atoms with van der Waals surface area (Å²) >= 11 is 5.00. The first-order valence-corrected chi connectivity index (χ1v) is 8.76. The van der Waals surface area contributed by atoms with Crippen LogP contribution in [-0.2, 0) is 0 Å². The zero-order chi connectivity index (χ0) is 15.5. The van der Waals surface area contributed by atoms with E-state index in [0.29, 0.717) is 0 Å². The topological polar surface area (TPSA) is 17.1 Å². The van der Waals surface area contributed by atoms with Crippen molar-refractivity contribution in [3.8, 4) is 0 Å². The number of Topliss-reactive ketones (excluding diaryl/α,β-unsaturated/α-hetero) is 1. The monoisotopic (exact) mass is 370 g/mol. The minimum Gasteiger partial charge on any atom is -0.293 e. The summed E-state index contributed by atoms with van der Waals surface area (Å²) in [6.45, 7) is 1.96. The number of benzene rings is 3.